The van der Waals surface area contributed by atoms with E-state index < -0.39 is 11.6 Å². The van der Waals surface area contributed by atoms with Crippen molar-refractivity contribution in [3.05, 3.63) is 60.3 Å². The van der Waals surface area contributed by atoms with E-state index in [1.807, 2.05) is 25.2 Å². The Morgan fingerprint density at radius 1 is 1.00 bits per heavy atom. The van der Waals surface area contributed by atoms with Gasteiger partial charge in [0.15, 0.2) is 0 Å². The first-order chi connectivity index (χ1) is 10.6. The summed E-state index contributed by atoms with van der Waals surface area (Å²) in [7, 11) is 3.36. The Hall–Kier alpha value is -2.69. The Bertz CT molecular complexity index is 827. The molecule has 2 aromatic carbocycles. The number of ether oxygens (including phenoxy) is 1. The lowest BCUT2D eigenvalue weighted by atomic mass is 10.0. The zero-order chi connectivity index (χ0) is 15.7. The van der Waals surface area contributed by atoms with E-state index in [0.29, 0.717) is 16.9 Å². The van der Waals surface area contributed by atoms with Gasteiger partial charge in [0.2, 0.25) is 0 Å². The maximum atomic E-state index is 14.0. The van der Waals surface area contributed by atoms with Gasteiger partial charge in [0.1, 0.15) is 17.4 Å². The van der Waals surface area contributed by atoms with Crippen molar-refractivity contribution in [2.24, 2.45) is 7.05 Å². The van der Waals surface area contributed by atoms with Crippen LogP contribution < -0.4 is 4.74 Å². The van der Waals surface area contributed by atoms with E-state index >= 15 is 0 Å². The number of hydrogen-bond acceptors (Lipinski definition) is 2. The van der Waals surface area contributed by atoms with Crippen LogP contribution in [-0.2, 0) is 7.05 Å². The lowest BCUT2D eigenvalue weighted by molar-refractivity contribution is 0.416. The number of benzene rings is 2. The second-order valence-corrected chi connectivity index (χ2v) is 4.88. The quantitative estimate of drug-likeness (QED) is 0.730. The Kier molecular flexibility index (Phi) is 3.63. The van der Waals surface area contributed by atoms with E-state index in [-0.39, 0.29) is 0 Å². The molecule has 112 valence electrons. The van der Waals surface area contributed by atoms with E-state index in [1.54, 1.807) is 16.9 Å². The molecule has 3 rings (SSSR count). The molecule has 1 aromatic heterocycles. The van der Waals surface area contributed by atoms with Crippen molar-refractivity contribution in [2.45, 2.75) is 0 Å². The summed E-state index contributed by atoms with van der Waals surface area (Å²) in [6.45, 7) is 0. The fourth-order valence-electron chi connectivity index (χ4n) is 2.44. The van der Waals surface area contributed by atoms with E-state index in [0.717, 1.165) is 17.3 Å². The molecule has 0 saturated heterocycles. The van der Waals surface area contributed by atoms with Crippen molar-refractivity contribution in [2.75, 3.05) is 7.11 Å². The molecular formula is C17H14F2N2O. The summed E-state index contributed by atoms with van der Waals surface area (Å²) in [4.78, 5) is 0. The van der Waals surface area contributed by atoms with Crippen molar-refractivity contribution in [1.82, 2.24) is 9.78 Å². The van der Waals surface area contributed by atoms with E-state index in [9.17, 15) is 8.78 Å². The van der Waals surface area contributed by atoms with E-state index in [2.05, 4.69) is 5.10 Å². The molecule has 3 nitrogen and oxygen atoms in total. The Labute approximate surface area is 126 Å². The van der Waals surface area contributed by atoms with Gasteiger partial charge in [0.25, 0.3) is 0 Å². The maximum absolute atomic E-state index is 14.0. The van der Waals surface area contributed by atoms with Crippen LogP contribution in [0.25, 0.3) is 22.4 Å². The third-order valence-electron chi connectivity index (χ3n) is 3.54. The lowest BCUT2D eigenvalue weighted by Gasteiger charge is -2.12. The van der Waals surface area contributed by atoms with Gasteiger partial charge in [-0.15, -0.1) is 0 Å². The van der Waals surface area contributed by atoms with E-state index in [1.165, 1.54) is 19.2 Å². The number of aromatic nitrogens is 2. The summed E-state index contributed by atoms with van der Waals surface area (Å²) in [5.74, 6) is -0.706. The Balaban J connectivity index is 2.12. The number of hydrogen-bond donors (Lipinski definition) is 0. The molecule has 22 heavy (non-hydrogen) atoms. The topological polar surface area (TPSA) is 27.1 Å². The minimum atomic E-state index is -0.619. The van der Waals surface area contributed by atoms with Gasteiger partial charge in [-0.1, -0.05) is 6.07 Å². The minimum Gasteiger partial charge on any atom is -0.496 e. The Morgan fingerprint density at radius 3 is 2.41 bits per heavy atom. The van der Waals surface area contributed by atoms with Gasteiger partial charge >= 0.3 is 0 Å². The molecule has 0 amide bonds. The standard InChI is InChI=1S/C17H14F2N2O/c1-21-16(7-8-20-21)11-3-5-14(17(9-11)22-2)13-6-4-12(18)10-15(13)19/h3-10H,1-2H3. The average molecular weight is 300 g/mol. The fourth-order valence-corrected chi connectivity index (χ4v) is 2.44. The van der Waals surface area contributed by atoms with Gasteiger partial charge in [-0.3, -0.25) is 4.68 Å². The molecule has 0 unspecified atom stereocenters. The molecule has 0 aliphatic heterocycles. The number of nitrogens with zero attached hydrogens (tertiary/aromatic N) is 2. The van der Waals surface area contributed by atoms with Crippen molar-refractivity contribution in [3.63, 3.8) is 0 Å². The monoisotopic (exact) mass is 300 g/mol. The van der Waals surface area contributed by atoms with Gasteiger partial charge in [-0.05, 0) is 30.3 Å². The van der Waals surface area contributed by atoms with Gasteiger partial charge < -0.3 is 4.74 Å². The van der Waals surface area contributed by atoms with Crippen LogP contribution in [0.4, 0.5) is 8.78 Å². The third kappa shape index (κ3) is 2.45. The van der Waals surface area contributed by atoms with Crippen LogP contribution in [0.3, 0.4) is 0 Å². The molecule has 0 N–H and O–H groups in total. The zero-order valence-corrected chi connectivity index (χ0v) is 12.2. The molecule has 0 aliphatic rings. The molecule has 0 fully saturated rings. The molecule has 3 aromatic rings. The van der Waals surface area contributed by atoms with Crippen LogP contribution in [0.2, 0.25) is 0 Å². The first kappa shape index (κ1) is 14.3. The van der Waals surface area contributed by atoms with Crippen LogP contribution in [0.1, 0.15) is 0 Å². The predicted octanol–water partition coefficient (Wildman–Crippen LogP) is 4.04. The second kappa shape index (κ2) is 5.60. The summed E-state index contributed by atoms with van der Waals surface area (Å²) >= 11 is 0. The van der Waals surface area contributed by atoms with Crippen molar-refractivity contribution in [1.29, 1.82) is 0 Å². The highest BCUT2D eigenvalue weighted by atomic mass is 19.1. The number of aryl methyl sites for hydroxylation is 1. The van der Waals surface area contributed by atoms with Crippen LogP contribution >= 0.6 is 0 Å². The van der Waals surface area contributed by atoms with Gasteiger partial charge in [-0.2, -0.15) is 5.10 Å². The molecule has 0 atom stereocenters. The highest BCUT2D eigenvalue weighted by molar-refractivity contribution is 5.75. The molecule has 0 saturated carbocycles. The van der Waals surface area contributed by atoms with Gasteiger partial charge in [-0.25, -0.2) is 8.78 Å². The third-order valence-corrected chi connectivity index (χ3v) is 3.54. The molecule has 1 heterocycles. The molecule has 0 bridgehead atoms. The average Bonchev–Trinajstić information content (AvgIpc) is 2.93. The summed E-state index contributed by atoms with van der Waals surface area (Å²) in [5, 5.41) is 4.13. The van der Waals surface area contributed by atoms with Crippen LogP contribution in [-0.4, -0.2) is 16.9 Å². The molecule has 0 aliphatic carbocycles. The van der Waals surface area contributed by atoms with E-state index in [4.69, 9.17) is 4.74 Å². The van der Waals surface area contributed by atoms with Crippen LogP contribution in [0.5, 0.6) is 5.75 Å². The zero-order valence-electron chi connectivity index (χ0n) is 12.2. The summed E-state index contributed by atoms with van der Waals surface area (Å²) in [6, 6.07) is 10.8. The highest BCUT2D eigenvalue weighted by Gasteiger charge is 2.13. The maximum Gasteiger partial charge on any atom is 0.134 e. The summed E-state index contributed by atoms with van der Waals surface area (Å²) < 4.78 is 34.2. The SMILES string of the molecule is COc1cc(-c2ccnn2C)ccc1-c1ccc(F)cc1F. The molecular weight excluding hydrogens is 286 g/mol. The first-order valence-corrected chi connectivity index (χ1v) is 6.72. The number of methoxy groups -OCH3 is 1. The van der Waals surface area contributed by atoms with Crippen LogP contribution in [0, 0.1) is 11.6 Å². The van der Waals surface area contributed by atoms with Gasteiger partial charge in [0, 0.05) is 36.0 Å². The second-order valence-electron chi connectivity index (χ2n) is 4.88. The largest absolute Gasteiger partial charge is 0.496 e. The van der Waals surface area contributed by atoms with Crippen molar-refractivity contribution >= 4 is 0 Å². The lowest BCUT2D eigenvalue weighted by Crippen LogP contribution is -1.95. The highest BCUT2D eigenvalue weighted by Crippen LogP contribution is 2.35. The minimum absolute atomic E-state index is 0.301. The van der Waals surface area contributed by atoms with Crippen molar-refractivity contribution in [3.8, 4) is 28.1 Å². The van der Waals surface area contributed by atoms with Gasteiger partial charge in [0.05, 0.1) is 12.8 Å². The normalized spacial score (nSPS) is 10.7. The predicted molar refractivity (Wildman–Crippen MR) is 80.5 cm³/mol. The fraction of sp³-hybridized carbons (Fsp3) is 0.118. The van der Waals surface area contributed by atoms with Crippen molar-refractivity contribution < 1.29 is 13.5 Å². The smallest absolute Gasteiger partial charge is 0.134 e. The summed E-state index contributed by atoms with van der Waals surface area (Å²) in [6.07, 6.45) is 1.70. The van der Waals surface area contributed by atoms with Crippen LogP contribution in [0.15, 0.2) is 48.7 Å². The molecule has 0 radical (unpaired) electrons. The number of rotatable bonds is 3. The summed E-state index contributed by atoms with van der Waals surface area (Å²) in [5.41, 5.74) is 2.70. The molecule has 5 heteroatoms. The molecule has 0 spiro atoms. The number of halogens is 2. The Morgan fingerprint density at radius 2 is 1.77 bits per heavy atom. The first-order valence-electron chi connectivity index (χ1n) is 6.72.